The lowest BCUT2D eigenvalue weighted by Crippen LogP contribution is -2.49. The van der Waals surface area contributed by atoms with E-state index in [2.05, 4.69) is 10.6 Å². The van der Waals surface area contributed by atoms with E-state index in [0.29, 0.717) is 12.2 Å². The zero-order valence-corrected chi connectivity index (χ0v) is 12.0. The number of rotatable bonds is 7. The van der Waals surface area contributed by atoms with Crippen LogP contribution in [-0.2, 0) is 15.6 Å². The molecule has 6 nitrogen and oxygen atoms in total. The molecule has 0 fully saturated rings. The van der Waals surface area contributed by atoms with E-state index in [-0.39, 0.29) is 12.0 Å². The minimum Gasteiger partial charge on any atom is -0.480 e. The molecule has 3 atom stereocenters. The molecule has 0 radical (unpaired) electrons. The summed E-state index contributed by atoms with van der Waals surface area (Å²) in [4.78, 5) is 22.5. The third-order valence-corrected chi connectivity index (χ3v) is 3.14. The molecule has 3 unspecified atom stereocenters. The number of aliphatic carboxylic acids is 1. The van der Waals surface area contributed by atoms with E-state index in [0.717, 1.165) is 0 Å². The molecule has 0 bridgehead atoms. The van der Waals surface area contributed by atoms with Gasteiger partial charge in [0.05, 0.1) is 0 Å². The summed E-state index contributed by atoms with van der Waals surface area (Å²) in [6.45, 7) is 5.50. The van der Waals surface area contributed by atoms with Crippen LogP contribution in [0.2, 0.25) is 0 Å². The van der Waals surface area contributed by atoms with Gasteiger partial charge in [-0.1, -0.05) is 13.8 Å². The number of carboxylic acids is 1. The Morgan fingerprint density at radius 3 is 2.17 bits per heavy atom. The molecule has 0 spiro atoms. The van der Waals surface area contributed by atoms with Gasteiger partial charge in [0.15, 0.2) is 0 Å². The number of carbonyl (C=O) groups excluding carboxylic acids is 1. The first-order valence-corrected chi connectivity index (χ1v) is 7.55. The van der Waals surface area contributed by atoms with Gasteiger partial charge in [0.2, 0.25) is 0 Å². The highest BCUT2D eigenvalue weighted by Gasteiger charge is 2.21. The van der Waals surface area contributed by atoms with Gasteiger partial charge in [0.1, 0.15) is 6.04 Å². The van der Waals surface area contributed by atoms with Gasteiger partial charge in [0, 0.05) is 28.9 Å². The Labute approximate surface area is 110 Å². The lowest BCUT2D eigenvalue weighted by molar-refractivity contribution is -0.139. The third-order valence-electron chi connectivity index (χ3n) is 2.17. The van der Waals surface area contributed by atoms with Crippen LogP contribution >= 0.6 is 0 Å². The molecule has 0 aromatic carbocycles. The van der Waals surface area contributed by atoms with Crippen molar-refractivity contribution < 1.29 is 18.9 Å². The maximum atomic E-state index is 11.5. The minimum atomic E-state index is -1.05. The van der Waals surface area contributed by atoms with Crippen molar-refractivity contribution in [3.05, 3.63) is 0 Å². The number of carboxylic acid groups (broad SMARTS) is 1. The molecule has 0 aromatic rings. The fraction of sp³-hybridized carbons (Fsp3) is 0.818. The van der Waals surface area contributed by atoms with E-state index in [1.54, 1.807) is 13.2 Å². The Hall–Kier alpha value is -1.11. The summed E-state index contributed by atoms with van der Waals surface area (Å²) in [5.74, 6) is -0.535. The van der Waals surface area contributed by atoms with Crippen molar-refractivity contribution in [3.8, 4) is 0 Å². The van der Waals surface area contributed by atoms with Crippen LogP contribution in [0.25, 0.3) is 0 Å². The van der Waals surface area contributed by atoms with Crippen LogP contribution in [0.15, 0.2) is 0 Å². The van der Waals surface area contributed by atoms with Gasteiger partial charge in [-0.2, -0.15) is 0 Å². The van der Waals surface area contributed by atoms with E-state index in [9.17, 15) is 13.8 Å². The molecule has 3 N–H and O–H groups in total. The minimum absolute atomic E-state index is 0.173. The van der Waals surface area contributed by atoms with Crippen LogP contribution in [0.5, 0.6) is 0 Å². The second-order valence-electron chi connectivity index (χ2n) is 4.78. The van der Waals surface area contributed by atoms with E-state index in [1.807, 2.05) is 13.8 Å². The van der Waals surface area contributed by atoms with Gasteiger partial charge in [-0.25, -0.2) is 9.59 Å². The molecule has 2 amide bonds. The maximum absolute atomic E-state index is 11.5. The van der Waals surface area contributed by atoms with Crippen molar-refractivity contribution in [1.82, 2.24) is 10.6 Å². The van der Waals surface area contributed by atoms with Crippen molar-refractivity contribution in [2.45, 2.75) is 39.3 Å². The molecule has 0 aromatic heterocycles. The first kappa shape index (κ1) is 16.9. The lowest BCUT2D eigenvalue weighted by Gasteiger charge is -2.19. The number of carbonyl (C=O) groups is 2. The summed E-state index contributed by atoms with van der Waals surface area (Å²) < 4.78 is 11.0. The molecular formula is C11H22N2O4S. The Kier molecular flexibility index (Phi) is 7.58. The monoisotopic (exact) mass is 278 g/mol. The number of hydrogen-bond donors (Lipinski definition) is 3. The molecule has 0 aliphatic heterocycles. The second kappa shape index (κ2) is 8.07. The van der Waals surface area contributed by atoms with Gasteiger partial charge >= 0.3 is 12.0 Å². The molecule has 0 aliphatic carbocycles. The topological polar surface area (TPSA) is 95.5 Å². The quantitative estimate of drug-likeness (QED) is 0.634. The predicted molar refractivity (Wildman–Crippen MR) is 70.9 cm³/mol. The van der Waals surface area contributed by atoms with E-state index < -0.39 is 28.8 Å². The Bertz CT molecular complexity index is 320. The summed E-state index contributed by atoms with van der Waals surface area (Å²) in [6.07, 6.45) is 1.92. The molecule has 0 rings (SSSR count). The summed E-state index contributed by atoms with van der Waals surface area (Å²) in [5.41, 5.74) is 0. The Morgan fingerprint density at radius 2 is 1.78 bits per heavy atom. The van der Waals surface area contributed by atoms with Gasteiger partial charge in [-0.15, -0.1) is 0 Å². The van der Waals surface area contributed by atoms with Gasteiger partial charge in [-0.3, -0.25) is 4.21 Å². The highest BCUT2D eigenvalue weighted by molar-refractivity contribution is 7.84. The summed E-state index contributed by atoms with van der Waals surface area (Å²) in [6, 6.07) is -1.70. The number of nitrogens with one attached hydrogen (secondary N) is 2. The summed E-state index contributed by atoms with van der Waals surface area (Å²) in [5, 5.41) is 13.9. The maximum Gasteiger partial charge on any atom is 0.326 e. The molecule has 7 heteroatoms. The largest absolute Gasteiger partial charge is 0.480 e. The molecule has 0 saturated carbocycles. The Balaban J connectivity index is 4.25. The second-order valence-corrected chi connectivity index (χ2v) is 6.26. The third kappa shape index (κ3) is 8.05. The molecular weight excluding hydrogens is 256 g/mol. The Morgan fingerprint density at radius 1 is 1.22 bits per heavy atom. The van der Waals surface area contributed by atoms with Crippen molar-refractivity contribution in [2.75, 3.05) is 12.0 Å². The van der Waals surface area contributed by atoms with Crippen molar-refractivity contribution in [1.29, 1.82) is 0 Å². The SMILES string of the molecule is CC(C)CC(NC(=O)NC(C)CS(C)=O)C(=O)O. The summed E-state index contributed by atoms with van der Waals surface area (Å²) >= 11 is 0. The van der Waals surface area contributed by atoms with E-state index >= 15 is 0 Å². The van der Waals surface area contributed by atoms with Crippen LogP contribution in [0.1, 0.15) is 27.2 Å². The van der Waals surface area contributed by atoms with Gasteiger partial charge in [0.25, 0.3) is 0 Å². The first-order valence-electron chi connectivity index (χ1n) is 5.82. The van der Waals surface area contributed by atoms with Crippen LogP contribution in [0, 0.1) is 5.92 Å². The standard InChI is InChI=1S/C11H22N2O4S/c1-7(2)5-9(10(14)15)13-11(16)12-8(3)6-18(4)17/h7-9H,5-6H2,1-4H3,(H,14,15)(H2,12,13,16). The highest BCUT2D eigenvalue weighted by Crippen LogP contribution is 2.04. The average Bonchev–Trinajstić information content (AvgIpc) is 2.13. The smallest absolute Gasteiger partial charge is 0.326 e. The van der Waals surface area contributed by atoms with Gasteiger partial charge in [-0.05, 0) is 19.3 Å². The van der Waals surface area contributed by atoms with E-state index in [1.165, 1.54) is 0 Å². The average molecular weight is 278 g/mol. The van der Waals surface area contributed by atoms with Crippen molar-refractivity contribution >= 4 is 22.8 Å². The molecule has 0 saturated heterocycles. The molecule has 0 heterocycles. The number of amides is 2. The van der Waals surface area contributed by atoms with Crippen molar-refractivity contribution in [2.24, 2.45) is 5.92 Å². The first-order chi connectivity index (χ1) is 8.22. The fourth-order valence-corrected chi connectivity index (χ4v) is 2.30. The number of urea groups is 1. The molecule has 106 valence electrons. The van der Waals surface area contributed by atoms with E-state index in [4.69, 9.17) is 5.11 Å². The molecule has 0 aliphatic rings. The van der Waals surface area contributed by atoms with Crippen LogP contribution < -0.4 is 10.6 Å². The van der Waals surface area contributed by atoms with Crippen LogP contribution in [0.3, 0.4) is 0 Å². The van der Waals surface area contributed by atoms with Gasteiger partial charge < -0.3 is 15.7 Å². The van der Waals surface area contributed by atoms with Crippen LogP contribution in [0.4, 0.5) is 4.79 Å². The molecule has 18 heavy (non-hydrogen) atoms. The zero-order valence-electron chi connectivity index (χ0n) is 11.2. The van der Waals surface area contributed by atoms with Crippen molar-refractivity contribution in [3.63, 3.8) is 0 Å². The normalized spacial score (nSPS) is 15.8. The predicted octanol–water partition coefficient (Wildman–Crippen LogP) is 0.552. The number of hydrogen-bond acceptors (Lipinski definition) is 3. The zero-order chi connectivity index (χ0) is 14.3. The highest BCUT2D eigenvalue weighted by atomic mass is 32.2. The fourth-order valence-electron chi connectivity index (χ4n) is 1.51. The summed E-state index contributed by atoms with van der Waals surface area (Å²) in [7, 11) is -1.00. The lowest BCUT2D eigenvalue weighted by atomic mass is 10.0. The van der Waals surface area contributed by atoms with Crippen LogP contribution in [-0.4, -0.2) is 45.4 Å².